The van der Waals surface area contributed by atoms with Crippen molar-refractivity contribution in [1.29, 1.82) is 0 Å². The molecule has 4 aromatic rings. The average Bonchev–Trinajstić information content (AvgIpc) is 3.16. The van der Waals surface area contributed by atoms with Crippen molar-refractivity contribution in [3.05, 3.63) is 46.7 Å². The molecule has 5 nitrogen and oxygen atoms in total. The highest BCUT2D eigenvalue weighted by Gasteiger charge is 2.17. The average molecular weight is 327 g/mol. The molecule has 1 atom stereocenters. The maximum Gasteiger partial charge on any atom is 0.192 e. The van der Waals surface area contributed by atoms with E-state index in [1.165, 1.54) is 0 Å². The maximum atomic E-state index is 4.77. The lowest BCUT2D eigenvalue weighted by molar-refractivity contribution is 0.793. The first-order valence-corrected chi connectivity index (χ1v) is 8.66. The Hall–Kier alpha value is -1.99. The summed E-state index contributed by atoms with van der Waals surface area (Å²) in [6.07, 6.45) is 1.83. The van der Waals surface area contributed by atoms with E-state index >= 15 is 0 Å². The molecule has 0 aliphatic rings. The summed E-state index contributed by atoms with van der Waals surface area (Å²) < 4.78 is 1.84. The number of hydrogen-bond donors (Lipinski definition) is 0. The zero-order valence-corrected chi connectivity index (χ0v) is 13.7. The second-order valence-corrected chi connectivity index (χ2v) is 7.17. The minimum absolute atomic E-state index is 0.223. The van der Waals surface area contributed by atoms with Gasteiger partial charge in [-0.25, -0.2) is 15.0 Å². The van der Waals surface area contributed by atoms with E-state index in [1.807, 2.05) is 47.3 Å². The van der Waals surface area contributed by atoms with Gasteiger partial charge >= 0.3 is 0 Å². The molecule has 1 aromatic carbocycles. The molecule has 0 fully saturated rings. The van der Waals surface area contributed by atoms with Crippen molar-refractivity contribution in [2.45, 2.75) is 24.3 Å². The largest absolute Gasteiger partial charge is 0.249 e. The Balaban J connectivity index is 1.88. The Morgan fingerprint density at radius 2 is 2.09 bits per heavy atom. The number of rotatable bonds is 3. The Morgan fingerprint density at radius 3 is 2.91 bits per heavy atom. The van der Waals surface area contributed by atoms with E-state index < -0.39 is 0 Å². The summed E-state index contributed by atoms with van der Waals surface area (Å²) in [6.45, 7) is 4.04. The van der Waals surface area contributed by atoms with Gasteiger partial charge in [0, 0.05) is 17.0 Å². The van der Waals surface area contributed by atoms with Crippen molar-refractivity contribution in [3.8, 4) is 0 Å². The van der Waals surface area contributed by atoms with E-state index in [1.54, 1.807) is 23.1 Å². The second kappa shape index (κ2) is 5.33. The van der Waals surface area contributed by atoms with Crippen molar-refractivity contribution in [1.82, 2.24) is 24.6 Å². The molecule has 0 bridgehead atoms. The highest BCUT2D eigenvalue weighted by atomic mass is 32.2. The van der Waals surface area contributed by atoms with Gasteiger partial charge in [-0.3, -0.25) is 0 Å². The van der Waals surface area contributed by atoms with Gasteiger partial charge in [-0.05, 0) is 26.0 Å². The molecule has 110 valence electrons. The van der Waals surface area contributed by atoms with Crippen LogP contribution in [0.1, 0.15) is 23.0 Å². The molecule has 3 aromatic heterocycles. The molecule has 0 saturated heterocycles. The zero-order valence-electron chi connectivity index (χ0n) is 12.1. The first-order chi connectivity index (χ1) is 10.7. The van der Waals surface area contributed by atoms with Crippen LogP contribution in [-0.4, -0.2) is 24.6 Å². The van der Waals surface area contributed by atoms with Crippen molar-refractivity contribution < 1.29 is 0 Å². The first kappa shape index (κ1) is 13.7. The van der Waals surface area contributed by atoms with Gasteiger partial charge in [0.2, 0.25) is 0 Å². The lowest BCUT2D eigenvalue weighted by Gasteiger charge is -2.09. The fourth-order valence-corrected chi connectivity index (χ4v) is 4.10. The third kappa shape index (κ3) is 2.26. The molecule has 0 aliphatic heterocycles. The number of hydrogen-bond acceptors (Lipinski definition) is 6. The van der Waals surface area contributed by atoms with Crippen LogP contribution in [0.15, 0.2) is 41.0 Å². The topological polar surface area (TPSA) is 56.0 Å². The van der Waals surface area contributed by atoms with Crippen LogP contribution in [0.4, 0.5) is 0 Å². The molecular formula is C15H13N5S2. The lowest BCUT2D eigenvalue weighted by Crippen LogP contribution is -2.00. The van der Waals surface area contributed by atoms with Gasteiger partial charge in [0.25, 0.3) is 0 Å². The van der Waals surface area contributed by atoms with E-state index in [9.17, 15) is 0 Å². The van der Waals surface area contributed by atoms with Crippen molar-refractivity contribution in [2.75, 3.05) is 0 Å². The Morgan fingerprint density at radius 1 is 1.23 bits per heavy atom. The number of para-hydroxylation sites is 1. The van der Waals surface area contributed by atoms with E-state index in [2.05, 4.69) is 22.0 Å². The molecule has 0 saturated carbocycles. The van der Waals surface area contributed by atoms with Gasteiger partial charge in [-0.2, -0.15) is 4.52 Å². The molecule has 1 unspecified atom stereocenters. The predicted octanol–water partition coefficient (Wildman–Crippen LogP) is 3.90. The molecule has 7 heteroatoms. The van der Waals surface area contributed by atoms with Gasteiger partial charge in [-0.15, -0.1) is 16.4 Å². The molecule has 0 spiro atoms. The smallest absolute Gasteiger partial charge is 0.192 e. The molecule has 0 N–H and O–H groups in total. The number of thiazole rings is 1. The number of fused-ring (bicyclic) bond motifs is 3. The minimum atomic E-state index is 0.223. The van der Waals surface area contributed by atoms with E-state index in [0.29, 0.717) is 0 Å². The number of nitrogens with zero attached hydrogens (tertiary/aromatic N) is 5. The summed E-state index contributed by atoms with van der Waals surface area (Å²) >= 11 is 3.32. The molecule has 0 amide bonds. The minimum Gasteiger partial charge on any atom is -0.249 e. The van der Waals surface area contributed by atoms with Crippen molar-refractivity contribution >= 4 is 39.6 Å². The van der Waals surface area contributed by atoms with Crippen LogP contribution in [-0.2, 0) is 0 Å². The molecule has 0 radical (unpaired) electrons. The van der Waals surface area contributed by atoms with Crippen molar-refractivity contribution in [2.24, 2.45) is 0 Å². The second-order valence-electron chi connectivity index (χ2n) is 4.94. The van der Waals surface area contributed by atoms with Gasteiger partial charge in [0.05, 0.1) is 10.8 Å². The lowest BCUT2D eigenvalue weighted by atomic mass is 10.2. The number of thioether (sulfide) groups is 1. The summed E-state index contributed by atoms with van der Waals surface area (Å²) in [5.41, 5.74) is 1.80. The summed E-state index contributed by atoms with van der Waals surface area (Å²) in [5, 5.41) is 9.68. The molecule has 3 heterocycles. The Kier molecular flexibility index (Phi) is 3.31. The summed E-state index contributed by atoms with van der Waals surface area (Å²) in [4.78, 5) is 13.7. The van der Waals surface area contributed by atoms with Gasteiger partial charge < -0.3 is 0 Å². The van der Waals surface area contributed by atoms with Gasteiger partial charge in [-0.1, -0.05) is 23.9 Å². The number of aromatic nitrogens is 5. The fourth-order valence-electron chi connectivity index (χ4n) is 2.35. The van der Waals surface area contributed by atoms with Gasteiger partial charge in [0.1, 0.15) is 10.8 Å². The van der Waals surface area contributed by atoms with E-state index in [4.69, 9.17) is 4.98 Å². The summed E-state index contributed by atoms with van der Waals surface area (Å²) in [5.74, 6) is 0.752. The number of benzene rings is 1. The van der Waals surface area contributed by atoms with Crippen LogP contribution in [0.3, 0.4) is 0 Å². The normalized spacial score (nSPS) is 13.0. The van der Waals surface area contributed by atoms with Crippen LogP contribution in [0.2, 0.25) is 0 Å². The predicted molar refractivity (Wildman–Crippen MR) is 89.4 cm³/mol. The van der Waals surface area contributed by atoms with Crippen LogP contribution in [0, 0.1) is 6.92 Å². The SMILES string of the molecule is Cc1nc2c3ccccc3nc(SC(C)c3nccs3)n2n1. The standard InChI is InChI=1S/C15H13N5S2/c1-9(14-16-7-8-21-14)22-15-18-12-6-4-3-5-11(12)13-17-10(2)19-20(13)15/h3-9H,1-2H3. The van der Waals surface area contributed by atoms with Crippen LogP contribution >= 0.6 is 23.1 Å². The summed E-state index contributed by atoms with van der Waals surface area (Å²) in [7, 11) is 0. The van der Waals surface area contributed by atoms with E-state index in [0.717, 1.165) is 32.5 Å². The monoisotopic (exact) mass is 327 g/mol. The highest BCUT2D eigenvalue weighted by Crippen LogP contribution is 2.35. The molecular weight excluding hydrogens is 314 g/mol. The maximum absolute atomic E-state index is 4.77. The van der Waals surface area contributed by atoms with Crippen LogP contribution in [0.25, 0.3) is 16.6 Å². The first-order valence-electron chi connectivity index (χ1n) is 6.90. The molecule has 0 aliphatic carbocycles. The fraction of sp³-hybridized carbons (Fsp3) is 0.200. The number of aryl methyl sites for hydroxylation is 1. The quantitative estimate of drug-likeness (QED) is 0.422. The molecule has 4 rings (SSSR count). The van der Waals surface area contributed by atoms with Crippen LogP contribution in [0.5, 0.6) is 0 Å². The Bertz CT molecular complexity index is 945. The highest BCUT2D eigenvalue weighted by molar-refractivity contribution is 7.99. The van der Waals surface area contributed by atoms with Crippen LogP contribution < -0.4 is 0 Å². The van der Waals surface area contributed by atoms with E-state index in [-0.39, 0.29) is 5.25 Å². The molecule has 22 heavy (non-hydrogen) atoms. The zero-order chi connectivity index (χ0) is 15.1. The third-order valence-corrected chi connectivity index (χ3v) is 5.50. The Labute approximate surface area is 135 Å². The third-order valence-electron chi connectivity index (χ3n) is 3.34. The van der Waals surface area contributed by atoms with Crippen molar-refractivity contribution in [3.63, 3.8) is 0 Å². The summed E-state index contributed by atoms with van der Waals surface area (Å²) in [6, 6.07) is 8.04. The van der Waals surface area contributed by atoms with Gasteiger partial charge in [0.15, 0.2) is 10.8 Å².